The van der Waals surface area contributed by atoms with Gasteiger partial charge in [-0.15, -0.1) is 0 Å². The van der Waals surface area contributed by atoms with Gasteiger partial charge in [-0.25, -0.2) is 4.79 Å². The topological polar surface area (TPSA) is 173 Å². The average molecular weight is 638 g/mol. The predicted octanol–water partition coefficient (Wildman–Crippen LogP) is 5.17. The van der Waals surface area contributed by atoms with Crippen LogP contribution in [0.3, 0.4) is 0 Å². The summed E-state index contributed by atoms with van der Waals surface area (Å²) in [4.78, 5) is 24.9. The highest BCUT2D eigenvalue weighted by Gasteiger charge is 2.30. The number of primary amides is 1. The lowest BCUT2D eigenvalue weighted by atomic mass is 9.87. The second-order valence-electron chi connectivity index (χ2n) is 11.8. The zero-order chi connectivity index (χ0) is 34.0. The van der Waals surface area contributed by atoms with Crippen LogP contribution in [0.15, 0.2) is 71.8 Å². The third-order valence-corrected chi connectivity index (χ3v) is 8.14. The molecule has 0 saturated heterocycles. The maximum absolute atomic E-state index is 13.2. The number of fused-ring (bicyclic) bond motifs is 2. The molecule has 0 spiro atoms. The molecule has 250 valence electrons. The number of hydrogen-bond acceptors (Lipinski definition) is 9. The minimum Gasteiger partial charge on any atom is -0.506 e. The molecule has 2 amide bonds. The Morgan fingerprint density at radius 2 is 1.80 bits per heavy atom. The number of phenols is 2. The molecule has 2 aromatic rings. The zero-order valence-corrected chi connectivity index (χ0v) is 27.3. The van der Waals surface area contributed by atoms with E-state index in [1.54, 1.807) is 38.2 Å². The molecule has 0 aliphatic carbocycles. The van der Waals surface area contributed by atoms with E-state index in [9.17, 15) is 24.9 Å². The summed E-state index contributed by atoms with van der Waals surface area (Å²) in [5, 5.41) is 39.9. The van der Waals surface area contributed by atoms with E-state index < -0.39 is 42.3 Å². The van der Waals surface area contributed by atoms with Crippen molar-refractivity contribution in [3.63, 3.8) is 0 Å². The molecular weight excluding hydrogens is 590 g/mol. The normalized spacial score (nSPS) is 27.8. The molecule has 0 aromatic heterocycles. The van der Waals surface area contributed by atoms with Crippen molar-refractivity contribution in [1.82, 2.24) is 0 Å². The molecule has 2 aromatic carbocycles. The summed E-state index contributed by atoms with van der Waals surface area (Å²) in [6, 6.07) is 10.9. The van der Waals surface area contributed by atoms with Crippen LogP contribution in [0.2, 0.25) is 0 Å². The molecule has 0 fully saturated rings. The van der Waals surface area contributed by atoms with E-state index in [1.807, 2.05) is 44.2 Å². The van der Waals surface area contributed by atoms with Crippen molar-refractivity contribution in [2.45, 2.75) is 71.5 Å². The second kappa shape index (κ2) is 16.8. The maximum atomic E-state index is 13.2. The van der Waals surface area contributed by atoms with Crippen molar-refractivity contribution in [1.29, 1.82) is 0 Å². The van der Waals surface area contributed by atoms with Crippen LogP contribution in [0.25, 0.3) is 0 Å². The number of methoxy groups -OCH3 is 2. The number of anilines is 2. The Balaban J connectivity index is 2.09. The van der Waals surface area contributed by atoms with E-state index in [2.05, 4.69) is 10.6 Å². The highest BCUT2D eigenvalue weighted by Crippen LogP contribution is 2.42. The lowest BCUT2D eigenvalue weighted by molar-refractivity contribution is -0.112. The van der Waals surface area contributed by atoms with Gasteiger partial charge in [0.1, 0.15) is 17.6 Å². The Kier molecular flexibility index (Phi) is 13.2. The van der Waals surface area contributed by atoms with Crippen LogP contribution >= 0.6 is 0 Å². The number of nitrogens with one attached hydrogen (secondary N) is 2. The van der Waals surface area contributed by atoms with Crippen LogP contribution in [0.1, 0.15) is 45.2 Å². The third-order valence-electron chi connectivity index (χ3n) is 8.14. The first-order valence-electron chi connectivity index (χ1n) is 15.3. The van der Waals surface area contributed by atoms with Gasteiger partial charge in [-0.05, 0) is 43.7 Å². The van der Waals surface area contributed by atoms with Crippen molar-refractivity contribution in [2.24, 2.45) is 17.6 Å². The molecule has 0 radical (unpaired) electrons. The summed E-state index contributed by atoms with van der Waals surface area (Å²) in [7, 11) is 2.97. The minimum atomic E-state index is -0.989. The van der Waals surface area contributed by atoms with Crippen molar-refractivity contribution in [3.8, 4) is 11.5 Å². The molecule has 2 bridgehead atoms. The number of benzene rings is 2. The smallest absolute Gasteiger partial charge is 0.405 e. The highest BCUT2D eigenvalue weighted by atomic mass is 16.6. The van der Waals surface area contributed by atoms with Crippen LogP contribution in [0.4, 0.5) is 16.2 Å². The predicted molar refractivity (Wildman–Crippen MR) is 178 cm³/mol. The quantitative estimate of drug-likeness (QED) is 0.142. The van der Waals surface area contributed by atoms with E-state index in [0.29, 0.717) is 35.4 Å². The number of ether oxygens (including phenoxy) is 3. The first-order valence-corrected chi connectivity index (χ1v) is 15.3. The van der Waals surface area contributed by atoms with Gasteiger partial charge in [-0.2, -0.15) is 0 Å². The molecule has 0 unspecified atom stereocenters. The molecule has 6 atom stereocenters. The number of aliphatic hydroxyl groups is 1. The molecule has 11 nitrogen and oxygen atoms in total. The monoisotopic (exact) mass is 637 g/mol. The first-order chi connectivity index (χ1) is 21.9. The van der Waals surface area contributed by atoms with E-state index in [1.165, 1.54) is 20.3 Å². The summed E-state index contributed by atoms with van der Waals surface area (Å²) in [5.41, 5.74) is 8.06. The zero-order valence-electron chi connectivity index (χ0n) is 27.3. The maximum Gasteiger partial charge on any atom is 0.405 e. The summed E-state index contributed by atoms with van der Waals surface area (Å²) in [6.07, 6.45) is 3.03. The SMILES string of the molecule is CO[C@H]1/C=C\C=C(/C)C(=O)Nc2cc(O)c(NCc3ccccc3)c(c2O)C[C@@H](C)C[C@H](OC)[C@H](O)[C@@H](C)/C=C(\C)[C@@H]1OC(N)=O. The fraction of sp³-hybridized carbons (Fsp3) is 0.429. The van der Waals surface area contributed by atoms with E-state index in [4.69, 9.17) is 19.9 Å². The summed E-state index contributed by atoms with van der Waals surface area (Å²) in [5.74, 6) is -1.40. The number of amides is 2. The van der Waals surface area contributed by atoms with Crippen LogP contribution in [-0.2, 0) is 32.0 Å². The van der Waals surface area contributed by atoms with Gasteiger partial charge in [0.2, 0.25) is 0 Å². The number of aromatic hydroxyl groups is 2. The molecular formula is C35H47N3O8. The van der Waals surface area contributed by atoms with Crippen molar-refractivity contribution in [3.05, 3.63) is 83.0 Å². The van der Waals surface area contributed by atoms with E-state index >= 15 is 0 Å². The molecule has 7 N–H and O–H groups in total. The number of aliphatic hydroxyl groups excluding tert-OH is 1. The number of rotatable bonds is 6. The lowest BCUT2D eigenvalue weighted by Crippen LogP contribution is -2.37. The van der Waals surface area contributed by atoms with Crippen molar-refractivity contribution < 1.29 is 39.1 Å². The summed E-state index contributed by atoms with van der Waals surface area (Å²) < 4.78 is 16.7. The molecule has 3 rings (SSSR count). The Labute approximate surface area is 270 Å². The largest absolute Gasteiger partial charge is 0.506 e. The van der Waals surface area contributed by atoms with Crippen LogP contribution in [-0.4, -0.2) is 66.0 Å². The number of allylic oxidation sites excluding steroid dienone is 2. The first kappa shape index (κ1) is 36.2. The van der Waals surface area contributed by atoms with Crippen LogP contribution in [0, 0.1) is 11.8 Å². The molecule has 11 heteroatoms. The standard InChI is InChI=1S/C35H47N3O8/c1-20-15-25-30(37-19-24-12-8-7-9-13-24)27(39)18-26(32(25)41)38-34(42)21(2)11-10-14-28(44-5)33(46-35(36)43)23(4)17-22(3)31(40)29(16-20)45-6/h7-14,17-18,20,22,28-29,31,33,37,39-41H,15-16,19H2,1-6H3,(H2,36,43)(H,38,42)/b14-10-,21-11+,23-17+/t20-,22+,28+,29+,31-,33+/m1/s1. The van der Waals surface area contributed by atoms with Gasteiger partial charge < -0.3 is 45.9 Å². The lowest BCUT2D eigenvalue weighted by Gasteiger charge is -2.29. The highest BCUT2D eigenvalue weighted by molar-refractivity contribution is 6.04. The number of carbonyl (C=O) groups excluding carboxylic acids is 2. The molecule has 0 saturated carbocycles. The number of phenolic OH excluding ortho intramolecular Hbond substituents is 2. The third kappa shape index (κ3) is 9.59. The Morgan fingerprint density at radius 1 is 1.11 bits per heavy atom. The number of carbonyl (C=O) groups is 2. The number of hydrogen-bond donors (Lipinski definition) is 6. The van der Waals surface area contributed by atoms with E-state index in [-0.39, 0.29) is 29.5 Å². The van der Waals surface area contributed by atoms with Gasteiger partial charge in [-0.1, -0.05) is 68.5 Å². The van der Waals surface area contributed by atoms with Gasteiger partial charge in [-0.3, -0.25) is 4.79 Å². The Hall–Kier alpha value is -4.32. The van der Waals surface area contributed by atoms with Gasteiger partial charge in [0, 0.05) is 43.9 Å². The minimum absolute atomic E-state index is 0.0473. The van der Waals surface area contributed by atoms with Crippen molar-refractivity contribution in [2.75, 3.05) is 24.9 Å². The molecule has 1 aliphatic rings. The van der Waals surface area contributed by atoms with Gasteiger partial charge >= 0.3 is 6.09 Å². The van der Waals surface area contributed by atoms with E-state index in [0.717, 1.165) is 5.56 Å². The summed E-state index contributed by atoms with van der Waals surface area (Å²) in [6.45, 7) is 7.52. The van der Waals surface area contributed by atoms with Gasteiger partial charge in [0.15, 0.2) is 6.10 Å². The molecule has 1 heterocycles. The fourth-order valence-electron chi connectivity index (χ4n) is 5.59. The Bertz CT molecular complexity index is 1440. The second-order valence-corrected chi connectivity index (χ2v) is 11.8. The van der Waals surface area contributed by atoms with Gasteiger partial charge in [0.25, 0.3) is 5.91 Å². The van der Waals surface area contributed by atoms with Crippen molar-refractivity contribution >= 4 is 23.4 Å². The molecule has 1 aliphatic heterocycles. The van der Waals surface area contributed by atoms with Gasteiger partial charge in [0.05, 0.1) is 23.6 Å². The van der Waals surface area contributed by atoms with Crippen LogP contribution < -0.4 is 16.4 Å². The van der Waals surface area contributed by atoms with Crippen LogP contribution in [0.5, 0.6) is 11.5 Å². The Morgan fingerprint density at radius 3 is 2.43 bits per heavy atom. The molecule has 46 heavy (non-hydrogen) atoms. The summed E-state index contributed by atoms with van der Waals surface area (Å²) >= 11 is 0. The average Bonchev–Trinajstić information content (AvgIpc) is 3.02. The number of nitrogens with two attached hydrogens (primary N) is 1. The fourth-order valence-corrected chi connectivity index (χ4v) is 5.59.